The Bertz CT molecular complexity index is 666. The van der Waals surface area contributed by atoms with Gasteiger partial charge in [-0.05, 0) is 37.0 Å². The quantitative estimate of drug-likeness (QED) is 0.494. The fourth-order valence-electron chi connectivity index (χ4n) is 3.04. The molecule has 27 heavy (non-hydrogen) atoms. The van der Waals surface area contributed by atoms with Crippen LogP contribution in [0.5, 0.6) is 0 Å². The Kier molecular flexibility index (Phi) is 8.10. The molecule has 0 aliphatic heterocycles. The van der Waals surface area contributed by atoms with Crippen LogP contribution < -0.4 is 16.0 Å². The predicted molar refractivity (Wildman–Crippen MR) is 108 cm³/mol. The fraction of sp³-hybridized carbons (Fsp3) is 0.550. The molecule has 1 saturated carbocycles. The summed E-state index contributed by atoms with van der Waals surface area (Å²) in [5.74, 6) is 0.567. The highest BCUT2D eigenvalue weighted by molar-refractivity contribution is 5.94. The number of rotatable bonds is 7. The highest BCUT2D eigenvalue weighted by atomic mass is 16.2. The van der Waals surface area contributed by atoms with Crippen LogP contribution in [0, 0.1) is 0 Å². The molecule has 2 amide bonds. The van der Waals surface area contributed by atoms with Gasteiger partial charge in [-0.25, -0.2) is 4.99 Å². The monoisotopic (exact) mass is 373 g/mol. The number of hydrogen-bond acceptors (Lipinski definition) is 3. The molecule has 0 bridgehead atoms. The van der Waals surface area contributed by atoms with E-state index in [4.69, 9.17) is 0 Å². The van der Waals surface area contributed by atoms with Crippen LogP contribution in [0.3, 0.4) is 0 Å². The molecule has 1 aliphatic rings. The van der Waals surface area contributed by atoms with Gasteiger partial charge in [-0.15, -0.1) is 0 Å². The van der Waals surface area contributed by atoms with Crippen molar-refractivity contribution < 1.29 is 9.59 Å². The zero-order valence-corrected chi connectivity index (χ0v) is 16.5. The normalized spacial score (nSPS) is 14.7. The number of carbonyl (C=O) groups excluding carboxylic acids is 2. The van der Waals surface area contributed by atoms with E-state index in [1.165, 1.54) is 12.8 Å². The van der Waals surface area contributed by atoms with Crippen molar-refractivity contribution in [3.63, 3.8) is 0 Å². The van der Waals surface area contributed by atoms with Crippen molar-refractivity contribution in [2.24, 2.45) is 4.99 Å². The molecule has 0 radical (unpaired) electrons. The molecule has 0 unspecified atom stereocenters. The van der Waals surface area contributed by atoms with Crippen molar-refractivity contribution in [1.29, 1.82) is 0 Å². The van der Waals surface area contributed by atoms with Gasteiger partial charge in [0, 0.05) is 39.3 Å². The third-order valence-corrected chi connectivity index (χ3v) is 4.69. The van der Waals surface area contributed by atoms with Crippen LogP contribution in [0.2, 0.25) is 0 Å². The molecule has 1 aromatic rings. The van der Waals surface area contributed by atoms with Crippen LogP contribution in [0.25, 0.3) is 0 Å². The molecule has 2 rings (SSSR count). The lowest BCUT2D eigenvalue weighted by molar-refractivity contribution is -0.127. The molecule has 0 spiro atoms. The summed E-state index contributed by atoms with van der Waals surface area (Å²) in [4.78, 5) is 29.6. The van der Waals surface area contributed by atoms with E-state index in [1.54, 1.807) is 32.1 Å². The van der Waals surface area contributed by atoms with Gasteiger partial charge < -0.3 is 20.9 Å². The average molecular weight is 374 g/mol. The molecule has 0 atom stereocenters. The largest absolute Gasteiger partial charge is 0.356 e. The van der Waals surface area contributed by atoms with Crippen molar-refractivity contribution in [2.75, 3.05) is 34.2 Å². The van der Waals surface area contributed by atoms with Gasteiger partial charge in [-0.2, -0.15) is 0 Å². The van der Waals surface area contributed by atoms with Gasteiger partial charge in [0.2, 0.25) is 5.91 Å². The lowest BCUT2D eigenvalue weighted by atomic mass is 10.1. The lowest BCUT2D eigenvalue weighted by Gasteiger charge is -2.18. The Hall–Kier alpha value is -2.57. The van der Waals surface area contributed by atoms with E-state index >= 15 is 0 Å². The van der Waals surface area contributed by atoms with E-state index in [0.29, 0.717) is 24.1 Å². The summed E-state index contributed by atoms with van der Waals surface area (Å²) >= 11 is 0. The minimum absolute atomic E-state index is 0.0270. The van der Waals surface area contributed by atoms with Crippen molar-refractivity contribution >= 4 is 17.8 Å². The van der Waals surface area contributed by atoms with Crippen molar-refractivity contribution in [3.05, 3.63) is 35.4 Å². The molecule has 3 N–H and O–H groups in total. The molecule has 148 valence electrons. The number of nitrogens with one attached hydrogen (secondary N) is 3. The smallest absolute Gasteiger partial charge is 0.251 e. The maximum absolute atomic E-state index is 11.8. The SMILES string of the molecule is CNC(=O)c1cccc(CCNC(=NCC(=O)N(C)C)NC2CCCC2)c1. The molecule has 7 nitrogen and oxygen atoms in total. The summed E-state index contributed by atoms with van der Waals surface area (Å²) in [6.45, 7) is 0.799. The summed E-state index contributed by atoms with van der Waals surface area (Å²) in [6.07, 6.45) is 5.49. The maximum atomic E-state index is 11.8. The van der Waals surface area contributed by atoms with Crippen LogP contribution in [0.4, 0.5) is 0 Å². The zero-order chi connectivity index (χ0) is 19.6. The van der Waals surface area contributed by atoms with Gasteiger partial charge in [0.25, 0.3) is 5.91 Å². The van der Waals surface area contributed by atoms with Crippen LogP contribution >= 0.6 is 0 Å². The first kappa shape index (κ1) is 20.7. The van der Waals surface area contributed by atoms with E-state index in [1.807, 2.05) is 18.2 Å². The minimum Gasteiger partial charge on any atom is -0.356 e. The summed E-state index contributed by atoms with van der Waals surface area (Å²) in [5.41, 5.74) is 1.73. The molecule has 0 heterocycles. The maximum Gasteiger partial charge on any atom is 0.251 e. The number of likely N-dealkylation sites (N-methyl/N-ethyl adjacent to an activating group) is 1. The summed E-state index contributed by atoms with van der Waals surface area (Å²) < 4.78 is 0. The Morgan fingerprint density at radius 1 is 1.22 bits per heavy atom. The Balaban J connectivity index is 1.93. The summed E-state index contributed by atoms with van der Waals surface area (Å²) in [7, 11) is 5.09. The van der Waals surface area contributed by atoms with Crippen LogP contribution in [0.15, 0.2) is 29.3 Å². The molecule has 0 saturated heterocycles. The van der Waals surface area contributed by atoms with Crippen molar-refractivity contribution in [2.45, 2.75) is 38.1 Å². The second kappa shape index (κ2) is 10.5. The lowest BCUT2D eigenvalue weighted by Crippen LogP contribution is -2.43. The van der Waals surface area contributed by atoms with E-state index in [0.717, 1.165) is 24.8 Å². The third kappa shape index (κ3) is 6.92. The number of benzene rings is 1. The topological polar surface area (TPSA) is 85.8 Å². The summed E-state index contributed by atoms with van der Waals surface area (Å²) in [5, 5.41) is 9.40. The number of amides is 2. The number of nitrogens with zero attached hydrogens (tertiary/aromatic N) is 2. The van der Waals surface area contributed by atoms with Crippen molar-refractivity contribution in [3.8, 4) is 0 Å². The third-order valence-electron chi connectivity index (χ3n) is 4.69. The van der Waals surface area contributed by atoms with Gasteiger partial charge in [-0.3, -0.25) is 9.59 Å². The van der Waals surface area contributed by atoms with E-state index < -0.39 is 0 Å². The molecule has 1 fully saturated rings. The van der Waals surface area contributed by atoms with E-state index in [9.17, 15) is 9.59 Å². The molecule has 1 aliphatic carbocycles. The van der Waals surface area contributed by atoms with E-state index in [2.05, 4.69) is 20.9 Å². The number of hydrogen-bond donors (Lipinski definition) is 3. The average Bonchev–Trinajstić information content (AvgIpc) is 3.18. The van der Waals surface area contributed by atoms with Crippen LogP contribution in [-0.2, 0) is 11.2 Å². The first-order chi connectivity index (χ1) is 13.0. The Labute approximate surface area is 161 Å². The van der Waals surface area contributed by atoms with Gasteiger partial charge in [0.05, 0.1) is 0 Å². The van der Waals surface area contributed by atoms with Crippen LogP contribution in [-0.4, -0.2) is 62.9 Å². The predicted octanol–water partition coefficient (Wildman–Crippen LogP) is 1.15. The molecule has 0 aromatic heterocycles. The minimum atomic E-state index is -0.0860. The standard InChI is InChI=1S/C20H31N5O2/c1-21-19(27)16-8-6-7-15(13-16)11-12-22-20(23-14-18(26)25(2)3)24-17-9-4-5-10-17/h6-8,13,17H,4-5,9-12,14H2,1-3H3,(H,21,27)(H2,22,23,24). The molecule has 1 aromatic carbocycles. The first-order valence-electron chi connectivity index (χ1n) is 9.55. The highest BCUT2D eigenvalue weighted by Gasteiger charge is 2.16. The second-order valence-electron chi connectivity index (χ2n) is 7.03. The fourth-order valence-corrected chi connectivity index (χ4v) is 3.04. The number of carbonyl (C=O) groups is 2. The summed E-state index contributed by atoms with van der Waals surface area (Å²) in [6, 6.07) is 8.02. The second-order valence-corrected chi connectivity index (χ2v) is 7.03. The molecular formula is C20H31N5O2. The molecular weight excluding hydrogens is 342 g/mol. The van der Waals surface area contributed by atoms with E-state index in [-0.39, 0.29) is 18.4 Å². The van der Waals surface area contributed by atoms with Gasteiger partial charge in [-0.1, -0.05) is 25.0 Å². The Morgan fingerprint density at radius 2 is 1.96 bits per heavy atom. The van der Waals surface area contributed by atoms with Gasteiger partial charge >= 0.3 is 0 Å². The number of guanidine groups is 1. The van der Waals surface area contributed by atoms with Crippen molar-refractivity contribution in [1.82, 2.24) is 20.9 Å². The van der Waals surface area contributed by atoms with Gasteiger partial charge in [0.1, 0.15) is 6.54 Å². The zero-order valence-electron chi connectivity index (χ0n) is 16.5. The molecule has 7 heteroatoms. The Morgan fingerprint density at radius 3 is 2.63 bits per heavy atom. The van der Waals surface area contributed by atoms with Crippen LogP contribution in [0.1, 0.15) is 41.6 Å². The highest BCUT2D eigenvalue weighted by Crippen LogP contribution is 2.17. The first-order valence-corrected chi connectivity index (χ1v) is 9.55. The number of aliphatic imine (C=N–C) groups is 1. The van der Waals surface area contributed by atoms with Gasteiger partial charge in [0.15, 0.2) is 5.96 Å².